The molecule has 2 aliphatic rings. The van der Waals surface area contributed by atoms with Gasteiger partial charge in [0, 0.05) is 38.7 Å². The maximum Gasteiger partial charge on any atom is 0.253 e. The highest BCUT2D eigenvalue weighted by Crippen LogP contribution is 2.30. The maximum absolute atomic E-state index is 13.2. The van der Waals surface area contributed by atoms with Gasteiger partial charge in [0.15, 0.2) is 0 Å². The Morgan fingerprint density at radius 1 is 0.944 bits per heavy atom. The van der Waals surface area contributed by atoms with E-state index < -0.39 is 15.3 Å². The summed E-state index contributed by atoms with van der Waals surface area (Å²) in [5.41, 5.74) is 3.45. The molecular formula is C27H32N4O4S. The minimum Gasteiger partial charge on any atom is -0.343 e. The van der Waals surface area contributed by atoms with Crippen molar-refractivity contribution in [2.24, 2.45) is 0 Å². The zero-order valence-electron chi connectivity index (χ0n) is 20.7. The Hall–Kier alpha value is -3.38. The van der Waals surface area contributed by atoms with Crippen molar-refractivity contribution in [3.63, 3.8) is 0 Å². The third-order valence-corrected chi connectivity index (χ3v) is 9.21. The van der Waals surface area contributed by atoms with Crippen LogP contribution < -0.4 is 4.72 Å². The Morgan fingerprint density at radius 3 is 2.14 bits per heavy atom. The SMILES string of the molecule is CC(=O)N1CCC(S(=O)(=O)Nc2cc(C(=O)N3CCC(c4ccc(C#N)cc4)CC3)ccc2C)CC1. The van der Waals surface area contributed by atoms with E-state index in [0.29, 0.717) is 61.8 Å². The second-order valence-electron chi connectivity index (χ2n) is 9.68. The van der Waals surface area contributed by atoms with Gasteiger partial charge in [-0.05, 0) is 73.9 Å². The van der Waals surface area contributed by atoms with E-state index in [2.05, 4.69) is 10.8 Å². The summed E-state index contributed by atoms with van der Waals surface area (Å²) in [7, 11) is -3.65. The van der Waals surface area contributed by atoms with Crippen molar-refractivity contribution < 1.29 is 18.0 Å². The molecule has 2 aromatic rings. The molecule has 0 bridgehead atoms. The standard InChI is InChI=1S/C27H32N4O4S/c1-19-3-6-24(17-26(19)29-36(34,35)25-11-15-30(16-12-25)20(2)32)27(33)31-13-9-23(10-14-31)22-7-4-21(18-28)5-8-22/h3-8,17,23,25,29H,9-16H2,1-2H3. The molecule has 2 aromatic carbocycles. The van der Waals surface area contributed by atoms with E-state index in [0.717, 1.165) is 18.4 Å². The van der Waals surface area contributed by atoms with Crippen LogP contribution >= 0.6 is 0 Å². The first-order valence-electron chi connectivity index (χ1n) is 12.3. The Bertz CT molecular complexity index is 1270. The third-order valence-electron chi connectivity index (χ3n) is 7.36. The normalized spacial score (nSPS) is 17.5. The molecule has 2 aliphatic heterocycles. The first kappa shape index (κ1) is 25.7. The number of amides is 2. The predicted octanol–water partition coefficient (Wildman–Crippen LogP) is 3.64. The lowest BCUT2D eigenvalue weighted by molar-refractivity contribution is -0.129. The lowest BCUT2D eigenvalue weighted by Gasteiger charge is -2.32. The summed E-state index contributed by atoms with van der Waals surface area (Å²) in [6, 6.07) is 14.9. The largest absolute Gasteiger partial charge is 0.343 e. The van der Waals surface area contributed by atoms with Gasteiger partial charge in [-0.3, -0.25) is 14.3 Å². The highest BCUT2D eigenvalue weighted by atomic mass is 32.2. The van der Waals surface area contributed by atoms with E-state index in [1.807, 2.05) is 36.1 Å². The molecule has 190 valence electrons. The number of carbonyl (C=O) groups excluding carboxylic acids is 2. The van der Waals surface area contributed by atoms with E-state index >= 15 is 0 Å². The zero-order valence-corrected chi connectivity index (χ0v) is 21.6. The van der Waals surface area contributed by atoms with Gasteiger partial charge in [-0.25, -0.2) is 8.42 Å². The van der Waals surface area contributed by atoms with E-state index in [4.69, 9.17) is 5.26 Å². The number of hydrogen-bond acceptors (Lipinski definition) is 5. The van der Waals surface area contributed by atoms with Crippen molar-refractivity contribution in [3.05, 3.63) is 64.7 Å². The van der Waals surface area contributed by atoms with Crippen LogP contribution in [0.5, 0.6) is 0 Å². The summed E-state index contributed by atoms with van der Waals surface area (Å²) in [5, 5.41) is 8.42. The quantitative estimate of drug-likeness (QED) is 0.663. The number of nitrogens with one attached hydrogen (secondary N) is 1. The van der Waals surface area contributed by atoms with Crippen LogP contribution in [0.2, 0.25) is 0 Å². The molecule has 8 nitrogen and oxygen atoms in total. The number of anilines is 1. The average molecular weight is 509 g/mol. The molecule has 2 fully saturated rings. The Labute approximate surface area is 212 Å². The van der Waals surface area contributed by atoms with Crippen LogP contribution in [0.4, 0.5) is 5.69 Å². The molecule has 9 heteroatoms. The number of likely N-dealkylation sites (tertiary alicyclic amines) is 2. The summed E-state index contributed by atoms with van der Waals surface area (Å²) in [5.74, 6) is 0.196. The summed E-state index contributed by atoms with van der Waals surface area (Å²) in [6.07, 6.45) is 2.45. The molecule has 0 unspecified atom stereocenters. The maximum atomic E-state index is 13.2. The summed E-state index contributed by atoms with van der Waals surface area (Å²) in [4.78, 5) is 28.3. The molecule has 0 spiro atoms. The number of nitriles is 1. The highest BCUT2D eigenvalue weighted by molar-refractivity contribution is 7.93. The number of hydrogen-bond donors (Lipinski definition) is 1. The smallest absolute Gasteiger partial charge is 0.253 e. The molecular weight excluding hydrogens is 476 g/mol. The number of aryl methyl sites for hydroxylation is 1. The van der Waals surface area contributed by atoms with Crippen molar-refractivity contribution in [3.8, 4) is 6.07 Å². The van der Waals surface area contributed by atoms with Gasteiger partial charge in [0.05, 0.1) is 22.6 Å². The van der Waals surface area contributed by atoms with Crippen LogP contribution in [0.25, 0.3) is 0 Å². The van der Waals surface area contributed by atoms with Gasteiger partial charge in [-0.2, -0.15) is 5.26 Å². The number of carbonyl (C=O) groups is 2. The molecule has 2 amide bonds. The molecule has 0 aliphatic carbocycles. The summed E-state index contributed by atoms with van der Waals surface area (Å²) in [6.45, 7) is 5.40. The van der Waals surface area contributed by atoms with E-state index in [1.165, 1.54) is 12.5 Å². The lowest BCUT2D eigenvalue weighted by atomic mass is 9.89. The van der Waals surface area contributed by atoms with Crippen molar-refractivity contribution >= 4 is 27.5 Å². The van der Waals surface area contributed by atoms with Gasteiger partial charge in [0.25, 0.3) is 5.91 Å². The predicted molar refractivity (Wildman–Crippen MR) is 138 cm³/mol. The van der Waals surface area contributed by atoms with Gasteiger partial charge < -0.3 is 9.80 Å². The molecule has 0 saturated carbocycles. The summed E-state index contributed by atoms with van der Waals surface area (Å²) < 4.78 is 28.8. The number of piperidine rings is 2. The second kappa shape index (κ2) is 10.7. The monoisotopic (exact) mass is 508 g/mol. The molecule has 1 N–H and O–H groups in total. The third kappa shape index (κ3) is 5.71. The zero-order chi connectivity index (χ0) is 25.9. The average Bonchev–Trinajstić information content (AvgIpc) is 2.89. The lowest BCUT2D eigenvalue weighted by Crippen LogP contribution is -2.43. The number of benzene rings is 2. The highest BCUT2D eigenvalue weighted by Gasteiger charge is 2.31. The minimum atomic E-state index is -3.65. The topological polar surface area (TPSA) is 111 Å². The fourth-order valence-electron chi connectivity index (χ4n) is 5.01. The molecule has 4 rings (SSSR count). The van der Waals surface area contributed by atoms with Crippen molar-refractivity contribution in [2.75, 3.05) is 30.9 Å². The van der Waals surface area contributed by atoms with Gasteiger partial charge in [0.1, 0.15) is 0 Å². The molecule has 0 aromatic heterocycles. The number of rotatable bonds is 5. The van der Waals surface area contributed by atoms with Crippen molar-refractivity contribution in [1.29, 1.82) is 5.26 Å². The van der Waals surface area contributed by atoms with Gasteiger partial charge in [-0.1, -0.05) is 18.2 Å². The van der Waals surface area contributed by atoms with Crippen LogP contribution in [0, 0.1) is 18.3 Å². The Morgan fingerprint density at radius 2 is 1.56 bits per heavy atom. The van der Waals surface area contributed by atoms with E-state index in [-0.39, 0.29) is 11.8 Å². The van der Waals surface area contributed by atoms with Crippen LogP contribution in [0.3, 0.4) is 0 Å². The number of nitrogens with zero attached hydrogens (tertiary/aromatic N) is 3. The van der Waals surface area contributed by atoms with Crippen LogP contribution in [0.1, 0.15) is 65.6 Å². The molecule has 2 saturated heterocycles. The fraction of sp³-hybridized carbons (Fsp3) is 0.444. The second-order valence-corrected chi connectivity index (χ2v) is 11.6. The van der Waals surface area contributed by atoms with Crippen molar-refractivity contribution in [2.45, 2.75) is 50.7 Å². The van der Waals surface area contributed by atoms with Gasteiger partial charge in [0.2, 0.25) is 15.9 Å². The Kier molecular flexibility index (Phi) is 7.65. The molecule has 36 heavy (non-hydrogen) atoms. The summed E-state index contributed by atoms with van der Waals surface area (Å²) >= 11 is 0. The molecule has 2 heterocycles. The van der Waals surface area contributed by atoms with E-state index in [9.17, 15) is 18.0 Å². The molecule has 0 atom stereocenters. The van der Waals surface area contributed by atoms with Crippen LogP contribution in [0.15, 0.2) is 42.5 Å². The van der Waals surface area contributed by atoms with Crippen molar-refractivity contribution in [1.82, 2.24) is 9.80 Å². The molecule has 0 radical (unpaired) electrons. The Balaban J connectivity index is 1.40. The van der Waals surface area contributed by atoms with E-state index in [1.54, 1.807) is 23.1 Å². The first-order valence-corrected chi connectivity index (χ1v) is 13.9. The first-order chi connectivity index (χ1) is 17.2. The van der Waals surface area contributed by atoms with Crippen LogP contribution in [-0.4, -0.2) is 61.5 Å². The van der Waals surface area contributed by atoms with Gasteiger partial charge >= 0.3 is 0 Å². The fourth-order valence-corrected chi connectivity index (χ4v) is 6.54. The van der Waals surface area contributed by atoms with Crippen LogP contribution in [-0.2, 0) is 14.8 Å². The van der Waals surface area contributed by atoms with Gasteiger partial charge in [-0.15, -0.1) is 0 Å². The number of sulfonamides is 1. The minimum absolute atomic E-state index is 0.0400.